The van der Waals surface area contributed by atoms with Gasteiger partial charge in [0.15, 0.2) is 0 Å². The first kappa shape index (κ1) is 20.6. The highest BCUT2D eigenvalue weighted by molar-refractivity contribution is 14.1. The molecule has 1 heterocycles. The number of oxime groups is 1. The van der Waals surface area contributed by atoms with Gasteiger partial charge in [-0.2, -0.15) is 0 Å². The standard InChI is InChI=1S/C17H16I2N4O3/c18-13-6-12(16(24)15(19)7-13)8-20-4-1-5-21-17(25)11-2-3-14(10-23-26)22-9-11/h2-3,6-10,24,26H,1,4-5H2,(H,21,25)/b20-8?,23-10-. The number of nitrogens with zero attached hydrogens (tertiary/aromatic N) is 3. The monoisotopic (exact) mass is 578 g/mol. The average Bonchev–Trinajstić information content (AvgIpc) is 2.62. The number of aromatic nitrogens is 1. The molecule has 3 N–H and O–H groups in total. The van der Waals surface area contributed by atoms with Crippen molar-refractivity contribution >= 4 is 63.5 Å². The number of hydrogen-bond donors (Lipinski definition) is 3. The summed E-state index contributed by atoms with van der Waals surface area (Å²) in [5, 5.41) is 24.1. The third-order valence-electron chi connectivity index (χ3n) is 3.28. The van der Waals surface area contributed by atoms with Gasteiger partial charge in [-0.05, 0) is 75.9 Å². The van der Waals surface area contributed by atoms with Gasteiger partial charge in [0.25, 0.3) is 5.91 Å². The molecule has 0 bridgehead atoms. The zero-order valence-corrected chi connectivity index (χ0v) is 17.9. The Bertz CT molecular complexity index is 824. The van der Waals surface area contributed by atoms with Crippen LogP contribution in [0.2, 0.25) is 0 Å². The molecule has 136 valence electrons. The summed E-state index contributed by atoms with van der Waals surface area (Å²) in [5.41, 5.74) is 1.58. The average molecular weight is 578 g/mol. The van der Waals surface area contributed by atoms with E-state index in [2.05, 4.69) is 65.6 Å². The van der Waals surface area contributed by atoms with Crippen LogP contribution in [-0.2, 0) is 0 Å². The second kappa shape index (κ2) is 10.4. The summed E-state index contributed by atoms with van der Waals surface area (Å²) in [4.78, 5) is 20.3. The fourth-order valence-electron chi connectivity index (χ4n) is 2.00. The van der Waals surface area contributed by atoms with Crippen LogP contribution in [-0.4, -0.2) is 46.7 Å². The van der Waals surface area contributed by atoms with Crippen molar-refractivity contribution in [2.75, 3.05) is 13.1 Å². The molecule has 9 heteroatoms. The molecule has 0 radical (unpaired) electrons. The Morgan fingerprint density at radius 1 is 1.27 bits per heavy atom. The Morgan fingerprint density at radius 3 is 2.77 bits per heavy atom. The van der Waals surface area contributed by atoms with Crippen LogP contribution in [0.1, 0.15) is 28.0 Å². The van der Waals surface area contributed by atoms with Crippen molar-refractivity contribution in [2.24, 2.45) is 10.1 Å². The first-order chi connectivity index (χ1) is 12.5. The molecular formula is C17H16I2N4O3. The Kier molecular flexibility index (Phi) is 8.22. The molecule has 0 fully saturated rings. The van der Waals surface area contributed by atoms with Crippen molar-refractivity contribution in [3.63, 3.8) is 0 Å². The molecule has 0 aliphatic heterocycles. The molecule has 0 unspecified atom stereocenters. The van der Waals surface area contributed by atoms with Gasteiger partial charge in [0.05, 0.1) is 21.0 Å². The molecule has 0 atom stereocenters. The number of hydrogen-bond acceptors (Lipinski definition) is 6. The van der Waals surface area contributed by atoms with Gasteiger partial charge in [-0.3, -0.25) is 14.8 Å². The largest absolute Gasteiger partial charge is 0.506 e. The van der Waals surface area contributed by atoms with Crippen molar-refractivity contribution in [3.8, 4) is 5.75 Å². The predicted molar refractivity (Wildman–Crippen MR) is 117 cm³/mol. The van der Waals surface area contributed by atoms with Gasteiger partial charge >= 0.3 is 0 Å². The molecular weight excluding hydrogens is 562 g/mol. The lowest BCUT2D eigenvalue weighted by Crippen LogP contribution is -2.25. The van der Waals surface area contributed by atoms with Crippen molar-refractivity contribution < 1.29 is 15.1 Å². The first-order valence-corrected chi connectivity index (χ1v) is 9.76. The molecule has 7 nitrogen and oxygen atoms in total. The number of phenols is 1. The first-order valence-electron chi connectivity index (χ1n) is 7.61. The molecule has 0 saturated heterocycles. The van der Waals surface area contributed by atoms with Gasteiger partial charge < -0.3 is 15.6 Å². The summed E-state index contributed by atoms with van der Waals surface area (Å²) in [6, 6.07) is 6.95. The zero-order chi connectivity index (χ0) is 18.9. The number of carbonyl (C=O) groups is 1. The number of halogens is 2. The minimum Gasteiger partial charge on any atom is -0.506 e. The Balaban J connectivity index is 1.77. The summed E-state index contributed by atoms with van der Waals surface area (Å²) >= 11 is 4.27. The van der Waals surface area contributed by atoms with Crippen LogP contribution < -0.4 is 5.32 Å². The van der Waals surface area contributed by atoms with E-state index in [1.165, 1.54) is 12.4 Å². The van der Waals surface area contributed by atoms with Gasteiger partial charge in [-0.25, -0.2) is 0 Å². The summed E-state index contributed by atoms with van der Waals surface area (Å²) in [6.45, 7) is 1.01. The molecule has 0 saturated carbocycles. The lowest BCUT2D eigenvalue weighted by molar-refractivity contribution is 0.0953. The van der Waals surface area contributed by atoms with E-state index in [1.54, 1.807) is 18.3 Å². The lowest BCUT2D eigenvalue weighted by atomic mass is 10.2. The van der Waals surface area contributed by atoms with Gasteiger partial charge in [-0.1, -0.05) is 5.16 Å². The number of nitrogens with one attached hydrogen (secondary N) is 1. The maximum atomic E-state index is 12.0. The number of aromatic hydroxyl groups is 1. The van der Waals surface area contributed by atoms with Crippen LogP contribution >= 0.6 is 45.2 Å². The molecule has 1 amide bonds. The molecule has 0 spiro atoms. The van der Waals surface area contributed by atoms with Crippen molar-refractivity contribution in [2.45, 2.75) is 6.42 Å². The second-order valence-electron chi connectivity index (χ2n) is 5.19. The minimum atomic E-state index is -0.223. The van der Waals surface area contributed by atoms with Crippen LogP contribution in [0.15, 0.2) is 40.6 Å². The van der Waals surface area contributed by atoms with E-state index in [-0.39, 0.29) is 11.7 Å². The van der Waals surface area contributed by atoms with E-state index >= 15 is 0 Å². The molecule has 2 rings (SSSR count). The normalized spacial score (nSPS) is 11.3. The number of benzene rings is 1. The molecule has 0 aliphatic carbocycles. The van der Waals surface area contributed by atoms with E-state index in [0.29, 0.717) is 36.3 Å². The Morgan fingerprint density at radius 2 is 2.08 bits per heavy atom. The van der Waals surface area contributed by atoms with E-state index in [9.17, 15) is 9.90 Å². The number of aliphatic imine (C=N–C) groups is 1. The van der Waals surface area contributed by atoms with E-state index in [4.69, 9.17) is 5.21 Å². The highest BCUT2D eigenvalue weighted by Crippen LogP contribution is 2.25. The maximum absolute atomic E-state index is 12.0. The summed E-state index contributed by atoms with van der Waals surface area (Å²) in [5.74, 6) is 0.00374. The maximum Gasteiger partial charge on any atom is 0.252 e. The molecule has 2 aromatic rings. The van der Waals surface area contributed by atoms with E-state index < -0.39 is 0 Å². The van der Waals surface area contributed by atoms with Gasteiger partial charge in [-0.15, -0.1) is 0 Å². The zero-order valence-electron chi connectivity index (χ0n) is 13.6. The van der Waals surface area contributed by atoms with Gasteiger partial charge in [0.2, 0.25) is 0 Å². The van der Waals surface area contributed by atoms with Crippen LogP contribution in [0.5, 0.6) is 5.75 Å². The fraction of sp³-hybridized carbons (Fsp3) is 0.176. The van der Waals surface area contributed by atoms with Gasteiger partial charge in [0.1, 0.15) is 5.75 Å². The topological polar surface area (TPSA) is 107 Å². The lowest BCUT2D eigenvalue weighted by Gasteiger charge is -2.04. The number of carbonyl (C=O) groups excluding carboxylic acids is 1. The quantitative estimate of drug-likeness (QED) is 0.155. The summed E-state index contributed by atoms with van der Waals surface area (Å²) in [6.07, 6.45) is 4.93. The number of pyridine rings is 1. The fourth-order valence-corrected chi connectivity index (χ4v) is 3.89. The third kappa shape index (κ3) is 6.20. The van der Waals surface area contributed by atoms with Crippen LogP contribution in [0.25, 0.3) is 0 Å². The molecule has 1 aromatic carbocycles. The molecule has 1 aromatic heterocycles. The van der Waals surface area contributed by atoms with Crippen molar-refractivity contribution in [3.05, 3.63) is 54.4 Å². The van der Waals surface area contributed by atoms with Crippen molar-refractivity contribution in [1.29, 1.82) is 0 Å². The summed E-state index contributed by atoms with van der Waals surface area (Å²) in [7, 11) is 0. The number of amides is 1. The third-order valence-corrected chi connectivity index (χ3v) is 4.72. The SMILES string of the molecule is O=C(NCCCN=Cc1cc(I)cc(I)c1O)c1ccc(/C=N\O)nc1. The van der Waals surface area contributed by atoms with Gasteiger partial charge in [0, 0.05) is 34.6 Å². The Hall–Kier alpha value is -1.76. The van der Waals surface area contributed by atoms with E-state index in [0.717, 1.165) is 7.14 Å². The number of rotatable bonds is 7. The summed E-state index contributed by atoms with van der Waals surface area (Å²) < 4.78 is 1.82. The number of phenolic OH excluding ortho intramolecular Hbond substituents is 1. The molecule has 0 aliphatic rings. The minimum absolute atomic E-state index is 0.223. The highest BCUT2D eigenvalue weighted by Gasteiger charge is 2.06. The predicted octanol–water partition coefficient (Wildman–Crippen LogP) is 3.04. The molecule has 26 heavy (non-hydrogen) atoms. The van der Waals surface area contributed by atoms with Crippen LogP contribution in [0.3, 0.4) is 0 Å². The van der Waals surface area contributed by atoms with E-state index in [1.807, 2.05) is 12.1 Å². The highest BCUT2D eigenvalue weighted by atomic mass is 127. The smallest absolute Gasteiger partial charge is 0.252 e. The second-order valence-corrected chi connectivity index (χ2v) is 7.59. The Labute approximate surface area is 177 Å². The van der Waals surface area contributed by atoms with Crippen LogP contribution in [0, 0.1) is 7.14 Å². The van der Waals surface area contributed by atoms with Crippen LogP contribution in [0.4, 0.5) is 0 Å². The van der Waals surface area contributed by atoms with Crippen molar-refractivity contribution in [1.82, 2.24) is 10.3 Å².